The van der Waals surface area contributed by atoms with E-state index in [9.17, 15) is 4.39 Å². The van der Waals surface area contributed by atoms with Gasteiger partial charge in [-0.1, -0.05) is 26.0 Å². The Balaban J connectivity index is 2.75. The predicted octanol–water partition coefficient (Wildman–Crippen LogP) is 4.48. The van der Waals surface area contributed by atoms with Gasteiger partial charge in [0.1, 0.15) is 5.82 Å². The van der Waals surface area contributed by atoms with Crippen LogP contribution < -0.4 is 5.32 Å². The van der Waals surface area contributed by atoms with Crippen molar-refractivity contribution < 1.29 is 4.39 Å². The van der Waals surface area contributed by atoms with Crippen molar-refractivity contribution in [2.45, 2.75) is 38.8 Å². The molecule has 17 heavy (non-hydrogen) atoms. The highest BCUT2D eigenvalue weighted by atomic mass is 79.9. The van der Waals surface area contributed by atoms with Gasteiger partial charge in [0, 0.05) is 18.0 Å². The summed E-state index contributed by atoms with van der Waals surface area (Å²) in [5.41, 5.74) is 0.856. The number of halogens is 3. The third-order valence-electron chi connectivity index (χ3n) is 3.29. The average molecular weight is 323 g/mol. The summed E-state index contributed by atoms with van der Waals surface area (Å²) in [6.07, 6.45) is 1.92. The van der Waals surface area contributed by atoms with Crippen molar-refractivity contribution in [2.24, 2.45) is 0 Å². The number of hydrogen-bond donors (Lipinski definition) is 1. The van der Waals surface area contributed by atoms with Crippen LogP contribution in [0.1, 0.15) is 32.3 Å². The van der Waals surface area contributed by atoms with Crippen molar-refractivity contribution in [2.75, 3.05) is 5.88 Å². The van der Waals surface area contributed by atoms with Gasteiger partial charge < -0.3 is 5.32 Å². The fraction of sp³-hybridized carbons (Fsp3) is 0.538. The fourth-order valence-electron chi connectivity index (χ4n) is 1.70. The predicted molar refractivity (Wildman–Crippen MR) is 75.0 cm³/mol. The van der Waals surface area contributed by atoms with Crippen LogP contribution in [0.15, 0.2) is 22.7 Å². The van der Waals surface area contributed by atoms with Crippen molar-refractivity contribution in [3.05, 3.63) is 34.1 Å². The van der Waals surface area contributed by atoms with Crippen molar-refractivity contribution in [3.8, 4) is 0 Å². The molecule has 0 atom stereocenters. The van der Waals surface area contributed by atoms with Gasteiger partial charge in [-0.2, -0.15) is 0 Å². The van der Waals surface area contributed by atoms with Crippen LogP contribution in [0.4, 0.5) is 4.39 Å². The molecule has 0 heterocycles. The van der Waals surface area contributed by atoms with E-state index in [0.29, 0.717) is 16.9 Å². The minimum Gasteiger partial charge on any atom is -0.306 e. The second kappa shape index (κ2) is 6.72. The summed E-state index contributed by atoms with van der Waals surface area (Å²) in [6, 6.07) is 5.07. The number of hydrogen-bond acceptors (Lipinski definition) is 1. The Kier molecular flexibility index (Phi) is 5.90. The van der Waals surface area contributed by atoms with Crippen molar-refractivity contribution in [3.63, 3.8) is 0 Å². The summed E-state index contributed by atoms with van der Waals surface area (Å²) in [4.78, 5) is 0. The molecule has 0 amide bonds. The average Bonchev–Trinajstić information content (AvgIpc) is 2.36. The molecule has 0 saturated carbocycles. The zero-order chi connectivity index (χ0) is 12.9. The number of rotatable bonds is 6. The van der Waals surface area contributed by atoms with Crippen LogP contribution in [0, 0.1) is 5.82 Å². The van der Waals surface area contributed by atoms with E-state index in [1.807, 2.05) is 6.07 Å². The molecule has 0 unspecified atom stereocenters. The first-order valence-corrected chi connectivity index (χ1v) is 7.15. The molecular weight excluding hydrogens is 305 g/mol. The Hall–Kier alpha value is -0.120. The Morgan fingerprint density at radius 3 is 2.53 bits per heavy atom. The highest BCUT2D eigenvalue weighted by molar-refractivity contribution is 9.10. The van der Waals surface area contributed by atoms with E-state index < -0.39 is 0 Å². The van der Waals surface area contributed by atoms with Gasteiger partial charge in [0.15, 0.2) is 0 Å². The molecule has 1 aromatic rings. The van der Waals surface area contributed by atoms with Crippen LogP contribution in [-0.4, -0.2) is 11.4 Å². The van der Waals surface area contributed by atoms with E-state index in [-0.39, 0.29) is 11.4 Å². The topological polar surface area (TPSA) is 12.0 Å². The molecule has 96 valence electrons. The van der Waals surface area contributed by atoms with E-state index in [1.54, 1.807) is 6.07 Å². The Morgan fingerprint density at radius 1 is 1.35 bits per heavy atom. The van der Waals surface area contributed by atoms with E-state index >= 15 is 0 Å². The smallest absolute Gasteiger partial charge is 0.137 e. The van der Waals surface area contributed by atoms with Gasteiger partial charge in [-0.05, 0) is 40.4 Å². The van der Waals surface area contributed by atoms with Gasteiger partial charge in [0.25, 0.3) is 0 Å². The molecule has 0 spiro atoms. The molecule has 1 rings (SSSR count). The highest BCUT2D eigenvalue weighted by Crippen LogP contribution is 2.23. The van der Waals surface area contributed by atoms with E-state index in [2.05, 4.69) is 35.1 Å². The van der Waals surface area contributed by atoms with Crippen molar-refractivity contribution in [1.29, 1.82) is 0 Å². The quantitative estimate of drug-likeness (QED) is 0.762. The van der Waals surface area contributed by atoms with Crippen LogP contribution in [0.25, 0.3) is 0 Å². The van der Waals surface area contributed by atoms with Gasteiger partial charge >= 0.3 is 0 Å². The number of alkyl halides is 1. The monoisotopic (exact) mass is 321 g/mol. The van der Waals surface area contributed by atoms with Crippen LogP contribution in [0.3, 0.4) is 0 Å². The lowest BCUT2D eigenvalue weighted by Gasteiger charge is -2.31. The molecule has 0 saturated heterocycles. The second-order valence-corrected chi connectivity index (χ2v) is 5.25. The number of benzene rings is 1. The maximum Gasteiger partial charge on any atom is 0.137 e. The normalized spacial score (nSPS) is 11.8. The molecular formula is C13H18BrClFN. The highest BCUT2D eigenvalue weighted by Gasteiger charge is 2.24. The summed E-state index contributed by atoms with van der Waals surface area (Å²) in [5.74, 6) is 0.334. The van der Waals surface area contributed by atoms with E-state index in [4.69, 9.17) is 11.6 Å². The van der Waals surface area contributed by atoms with Crippen LogP contribution in [-0.2, 0) is 6.54 Å². The summed E-state index contributed by atoms with van der Waals surface area (Å²) in [6.45, 7) is 4.84. The minimum atomic E-state index is -0.228. The minimum absolute atomic E-state index is 0.0622. The van der Waals surface area contributed by atoms with Crippen molar-refractivity contribution in [1.82, 2.24) is 5.32 Å². The van der Waals surface area contributed by atoms with Crippen molar-refractivity contribution >= 4 is 27.5 Å². The number of nitrogens with one attached hydrogen (secondary N) is 1. The first-order valence-electron chi connectivity index (χ1n) is 5.82. The lowest BCUT2D eigenvalue weighted by atomic mass is 9.95. The van der Waals surface area contributed by atoms with Crippen LogP contribution in [0.2, 0.25) is 0 Å². The summed E-state index contributed by atoms with van der Waals surface area (Å²) in [7, 11) is 0. The molecule has 4 heteroatoms. The maximum atomic E-state index is 13.3. The summed E-state index contributed by atoms with van der Waals surface area (Å²) in [5, 5.41) is 3.44. The Bertz CT molecular complexity index is 358. The molecule has 0 aliphatic heterocycles. The SMILES string of the molecule is CCC(CC)(CCl)NCc1cccc(F)c1Br. The van der Waals surface area contributed by atoms with Crippen LogP contribution >= 0.6 is 27.5 Å². The molecule has 0 aromatic heterocycles. The Labute approximate surface area is 116 Å². The van der Waals surface area contributed by atoms with E-state index in [0.717, 1.165) is 18.4 Å². The van der Waals surface area contributed by atoms with Gasteiger partial charge in [-0.3, -0.25) is 0 Å². The zero-order valence-electron chi connectivity index (χ0n) is 10.2. The van der Waals surface area contributed by atoms with Crippen LogP contribution in [0.5, 0.6) is 0 Å². The standard InChI is InChI=1S/C13H18BrClFN/c1-3-13(4-2,9-15)17-8-10-6-5-7-11(16)12(10)14/h5-7,17H,3-4,8-9H2,1-2H3. The summed E-state index contributed by atoms with van der Waals surface area (Å²) < 4.78 is 13.9. The molecule has 0 fully saturated rings. The molecule has 0 bridgehead atoms. The fourth-order valence-corrected chi connectivity index (χ4v) is 2.58. The van der Waals surface area contributed by atoms with Gasteiger partial charge in [-0.25, -0.2) is 4.39 Å². The second-order valence-electron chi connectivity index (χ2n) is 4.19. The van der Waals surface area contributed by atoms with Gasteiger partial charge in [0.2, 0.25) is 0 Å². The summed E-state index contributed by atoms with van der Waals surface area (Å²) >= 11 is 9.28. The first kappa shape index (κ1) is 14.9. The lowest BCUT2D eigenvalue weighted by Crippen LogP contribution is -2.45. The third-order valence-corrected chi connectivity index (χ3v) is 4.69. The molecule has 0 aliphatic rings. The first-order chi connectivity index (χ1) is 8.08. The molecule has 1 aromatic carbocycles. The molecule has 0 radical (unpaired) electrons. The van der Waals surface area contributed by atoms with E-state index in [1.165, 1.54) is 6.07 Å². The zero-order valence-corrected chi connectivity index (χ0v) is 12.5. The molecule has 1 nitrogen and oxygen atoms in total. The Morgan fingerprint density at radius 2 is 2.00 bits per heavy atom. The third kappa shape index (κ3) is 3.67. The maximum absolute atomic E-state index is 13.3. The molecule has 1 N–H and O–H groups in total. The molecule has 0 aliphatic carbocycles. The van der Waals surface area contributed by atoms with Gasteiger partial charge in [0.05, 0.1) is 4.47 Å². The lowest BCUT2D eigenvalue weighted by molar-refractivity contribution is 0.334. The largest absolute Gasteiger partial charge is 0.306 e. The van der Waals surface area contributed by atoms with Gasteiger partial charge in [-0.15, -0.1) is 11.6 Å².